The summed E-state index contributed by atoms with van der Waals surface area (Å²) in [5, 5.41) is 2.61. The molecule has 42 heavy (non-hydrogen) atoms. The second-order valence-corrected chi connectivity index (χ2v) is 13.0. The van der Waals surface area contributed by atoms with Crippen molar-refractivity contribution in [2.45, 2.75) is 12.3 Å². The first kappa shape index (κ1) is 25.3. The third-order valence-electron chi connectivity index (χ3n) is 8.57. The Morgan fingerprint density at radius 1 is 0.619 bits per heavy atom. The Labute approximate surface area is 254 Å². The monoisotopic (exact) mass is 578 g/mol. The van der Waals surface area contributed by atoms with Crippen molar-refractivity contribution in [1.29, 1.82) is 0 Å². The van der Waals surface area contributed by atoms with Gasteiger partial charge in [-0.2, -0.15) is 9.13 Å². The van der Waals surface area contributed by atoms with Crippen molar-refractivity contribution in [3.8, 4) is 43.7 Å². The van der Waals surface area contributed by atoms with Gasteiger partial charge in [0.05, 0.1) is 27.1 Å². The zero-order valence-corrected chi connectivity index (χ0v) is 25.3. The fraction of sp³-hybridized carbons (Fsp3) is 0.105. The van der Waals surface area contributed by atoms with Gasteiger partial charge in [-0.15, -0.1) is 0 Å². The third kappa shape index (κ3) is 3.90. The van der Waals surface area contributed by atoms with Crippen molar-refractivity contribution in [2.75, 3.05) is 0 Å². The number of aromatic nitrogens is 2. The summed E-state index contributed by atoms with van der Waals surface area (Å²) in [5.41, 5.74) is 12.0. The Hall–Kier alpha value is -4.38. The van der Waals surface area contributed by atoms with Gasteiger partial charge in [-0.05, 0) is 53.9 Å². The molecule has 2 aliphatic carbocycles. The topological polar surface area (TPSA) is 7.76 Å². The van der Waals surface area contributed by atoms with E-state index in [-0.39, 0.29) is 0 Å². The number of hydrogen-bond acceptors (Lipinski definition) is 2. The predicted molar refractivity (Wildman–Crippen MR) is 175 cm³/mol. The van der Waals surface area contributed by atoms with Crippen LogP contribution in [0.5, 0.6) is 0 Å². The largest absolute Gasteiger partial charge is 0.269 e. The second-order valence-electron chi connectivity index (χ2n) is 11.0. The summed E-state index contributed by atoms with van der Waals surface area (Å²) in [4.78, 5) is 2.83. The van der Waals surface area contributed by atoms with E-state index in [9.17, 15) is 0 Å². The Balaban J connectivity index is 1.15. The van der Waals surface area contributed by atoms with Gasteiger partial charge in [-0.3, -0.25) is 0 Å². The van der Waals surface area contributed by atoms with Crippen LogP contribution >= 0.6 is 22.7 Å². The molecule has 0 radical (unpaired) electrons. The Morgan fingerprint density at radius 3 is 1.90 bits per heavy atom. The number of thiazole rings is 2. The zero-order chi connectivity index (χ0) is 28.2. The first-order chi connectivity index (χ1) is 20.7. The molecule has 2 nitrogen and oxygen atoms in total. The van der Waals surface area contributed by atoms with E-state index in [1.807, 2.05) is 22.7 Å². The first-order valence-corrected chi connectivity index (χ1v) is 16.1. The molecule has 0 bridgehead atoms. The van der Waals surface area contributed by atoms with Crippen LogP contribution in [0.3, 0.4) is 0 Å². The van der Waals surface area contributed by atoms with Crippen LogP contribution in [0.2, 0.25) is 0 Å². The highest BCUT2D eigenvalue weighted by Gasteiger charge is 2.39. The van der Waals surface area contributed by atoms with E-state index in [1.54, 1.807) is 0 Å². The molecule has 4 heteroatoms. The maximum atomic E-state index is 2.40. The Kier molecular flexibility index (Phi) is 6.13. The van der Waals surface area contributed by atoms with Crippen molar-refractivity contribution in [1.82, 2.24) is 0 Å². The molecule has 202 valence electrons. The van der Waals surface area contributed by atoms with E-state index in [0.717, 1.165) is 6.42 Å². The highest BCUT2D eigenvalue weighted by atomic mass is 32.1. The lowest BCUT2D eigenvalue weighted by atomic mass is 9.97. The van der Waals surface area contributed by atoms with Crippen LogP contribution < -0.4 is 9.13 Å². The molecule has 2 heterocycles. The van der Waals surface area contributed by atoms with Crippen LogP contribution in [0.15, 0.2) is 127 Å². The summed E-state index contributed by atoms with van der Waals surface area (Å²) >= 11 is 3.84. The van der Waals surface area contributed by atoms with Crippen LogP contribution in [0.25, 0.3) is 49.2 Å². The Bertz CT molecular complexity index is 2030. The lowest BCUT2D eigenvalue weighted by Crippen LogP contribution is -2.30. The summed E-state index contributed by atoms with van der Waals surface area (Å²) in [6, 6.07) is 39.3. The maximum absolute atomic E-state index is 2.40. The number of allylic oxidation sites excluding steroid dienone is 3. The molecule has 0 N–H and O–H groups in total. The van der Waals surface area contributed by atoms with Crippen LogP contribution in [0.1, 0.15) is 33.2 Å². The minimum atomic E-state index is 0.371. The lowest BCUT2D eigenvalue weighted by Gasteiger charge is -2.08. The minimum absolute atomic E-state index is 0.371. The molecule has 2 aromatic heterocycles. The summed E-state index contributed by atoms with van der Waals surface area (Å²) in [6.45, 7) is 0. The highest BCUT2D eigenvalue weighted by Crippen LogP contribution is 2.50. The molecule has 1 unspecified atom stereocenters. The summed E-state index contributed by atoms with van der Waals surface area (Å²) in [7, 11) is 4.42. The number of nitrogens with zero attached hydrogens (tertiary/aromatic N) is 2. The molecule has 1 atom stereocenters. The number of benzene rings is 4. The van der Waals surface area contributed by atoms with Gasteiger partial charge < -0.3 is 0 Å². The molecular weight excluding hydrogens is 549 g/mol. The summed E-state index contributed by atoms with van der Waals surface area (Å²) in [6.07, 6.45) is 7.97. The summed E-state index contributed by atoms with van der Waals surface area (Å²) in [5.74, 6) is 0.371. The molecular formula is C38H30N2S2+2. The number of fused-ring (bicyclic) bond motifs is 6. The van der Waals surface area contributed by atoms with Gasteiger partial charge in [0.2, 0.25) is 11.4 Å². The molecule has 0 saturated heterocycles. The predicted octanol–water partition coefficient (Wildman–Crippen LogP) is 8.96. The van der Waals surface area contributed by atoms with E-state index in [0.29, 0.717) is 5.92 Å². The maximum Gasteiger partial charge on any atom is 0.269 e. The van der Waals surface area contributed by atoms with E-state index in [4.69, 9.17) is 0 Å². The van der Waals surface area contributed by atoms with Crippen molar-refractivity contribution in [2.24, 2.45) is 14.1 Å². The van der Waals surface area contributed by atoms with Gasteiger partial charge >= 0.3 is 0 Å². The van der Waals surface area contributed by atoms with Crippen molar-refractivity contribution < 1.29 is 9.13 Å². The van der Waals surface area contributed by atoms with Gasteiger partial charge in [0.1, 0.15) is 19.0 Å². The molecule has 4 aromatic carbocycles. The molecule has 2 aliphatic rings. The van der Waals surface area contributed by atoms with Gasteiger partial charge in [0.25, 0.3) is 10.0 Å². The van der Waals surface area contributed by atoms with Gasteiger partial charge in [-0.25, -0.2) is 0 Å². The quantitative estimate of drug-likeness (QED) is 0.180. The molecule has 0 amide bonds. The lowest BCUT2D eigenvalue weighted by molar-refractivity contribution is -0.645. The van der Waals surface area contributed by atoms with E-state index >= 15 is 0 Å². The van der Waals surface area contributed by atoms with E-state index in [2.05, 4.69) is 151 Å². The van der Waals surface area contributed by atoms with Gasteiger partial charge in [-0.1, -0.05) is 114 Å². The van der Waals surface area contributed by atoms with Crippen LogP contribution in [0, 0.1) is 0 Å². The van der Waals surface area contributed by atoms with Crippen molar-refractivity contribution >= 4 is 28.2 Å². The molecule has 0 spiro atoms. The standard InChI is InChI=1S/C38H30N2S2/c1-39-33-29-21-11-9-19-27(29)31(35(33)41-37(39)25-15-5-3-6-16-25)23-13-14-24-32-28-20-10-12-22-30(28)34-36(32)42-38(40(34)2)26-17-7-4-8-18-26/h3-23,32H,24H2,1-2H3/q+2/b14-13+,31-23+. The minimum Gasteiger partial charge on any atom is -0.184 e. The summed E-state index contributed by atoms with van der Waals surface area (Å²) < 4.78 is 4.77. The average molecular weight is 579 g/mol. The van der Waals surface area contributed by atoms with E-state index in [1.165, 1.54) is 70.1 Å². The fourth-order valence-electron chi connectivity index (χ4n) is 6.64. The molecule has 6 aromatic rings. The first-order valence-electron chi connectivity index (χ1n) is 14.4. The molecule has 0 fully saturated rings. The van der Waals surface area contributed by atoms with E-state index < -0.39 is 0 Å². The van der Waals surface area contributed by atoms with Gasteiger partial charge in [0, 0.05) is 11.5 Å². The van der Waals surface area contributed by atoms with Crippen LogP contribution in [-0.2, 0) is 14.1 Å². The van der Waals surface area contributed by atoms with Crippen molar-refractivity contribution in [3.05, 3.63) is 148 Å². The normalized spacial score (nSPS) is 15.7. The van der Waals surface area contributed by atoms with Gasteiger partial charge in [0.15, 0.2) is 0 Å². The molecule has 0 aliphatic heterocycles. The molecule has 8 rings (SSSR count). The zero-order valence-electron chi connectivity index (χ0n) is 23.6. The van der Waals surface area contributed by atoms with Crippen LogP contribution in [-0.4, -0.2) is 0 Å². The number of hydrogen-bond donors (Lipinski definition) is 0. The SMILES string of the molecule is C[n+]1c(-c2ccccc2)sc2c1-c1ccccc1/C2=C\C=C\CC1c2ccccc2-c2c1sc(-c1ccccc1)[n+]2C. The number of rotatable bonds is 5. The highest BCUT2D eigenvalue weighted by molar-refractivity contribution is 7.16. The fourth-order valence-corrected chi connectivity index (χ4v) is 9.35. The third-order valence-corrected chi connectivity index (χ3v) is 11.3. The smallest absolute Gasteiger partial charge is 0.184 e. The average Bonchev–Trinajstić information content (AvgIpc) is 3.74. The second kappa shape index (κ2) is 10.2. The van der Waals surface area contributed by atoms with Crippen LogP contribution in [0.4, 0.5) is 0 Å². The molecule has 0 saturated carbocycles. The Morgan fingerprint density at radius 2 is 1.19 bits per heavy atom. The van der Waals surface area contributed by atoms with Crippen molar-refractivity contribution in [3.63, 3.8) is 0 Å².